The van der Waals surface area contributed by atoms with E-state index >= 15 is 0 Å². The highest BCUT2D eigenvalue weighted by Gasteiger charge is 2.28. The zero-order valence-electron chi connectivity index (χ0n) is 16.2. The Labute approximate surface area is 165 Å². The molecule has 1 fully saturated rings. The van der Waals surface area contributed by atoms with E-state index in [2.05, 4.69) is 0 Å². The monoisotopic (exact) mass is 404 g/mol. The van der Waals surface area contributed by atoms with Crippen LogP contribution in [0.5, 0.6) is 11.5 Å². The van der Waals surface area contributed by atoms with Gasteiger partial charge in [0, 0.05) is 31.3 Å². The van der Waals surface area contributed by atoms with Crippen molar-refractivity contribution in [1.29, 1.82) is 0 Å². The fourth-order valence-electron chi connectivity index (χ4n) is 3.33. The maximum absolute atomic E-state index is 12.8. The van der Waals surface area contributed by atoms with Gasteiger partial charge in [0.2, 0.25) is 10.0 Å². The Morgan fingerprint density at radius 1 is 1.11 bits per heavy atom. The number of hydrogen-bond donors (Lipinski definition) is 0. The van der Waals surface area contributed by atoms with E-state index in [1.807, 2.05) is 12.1 Å². The van der Waals surface area contributed by atoms with Gasteiger partial charge in [0.05, 0.1) is 25.7 Å². The fourth-order valence-corrected chi connectivity index (χ4v) is 4.89. The number of methoxy groups -OCH3 is 2. The van der Waals surface area contributed by atoms with E-state index < -0.39 is 10.0 Å². The first-order valence-electron chi connectivity index (χ1n) is 8.93. The van der Waals surface area contributed by atoms with Crippen LogP contribution in [-0.2, 0) is 16.6 Å². The first-order valence-corrected chi connectivity index (χ1v) is 10.5. The van der Waals surface area contributed by atoms with Gasteiger partial charge in [-0.1, -0.05) is 12.1 Å². The third-order valence-electron chi connectivity index (χ3n) is 4.74. The zero-order chi connectivity index (χ0) is 20.3. The first-order chi connectivity index (χ1) is 13.4. The van der Waals surface area contributed by atoms with Crippen molar-refractivity contribution in [3.05, 3.63) is 53.6 Å². The van der Waals surface area contributed by atoms with Gasteiger partial charge in [0.15, 0.2) is 11.5 Å². The quantitative estimate of drug-likeness (QED) is 0.739. The van der Waals surface area contributed by atoms with Gasteiger partial charge >= 0.3 is 0 Å². The molecule has 1 aliphatic heterocycles. The van der Waals surface area contributed by atoms with E-state index in [-0.39, 0.29) is 11.7 Å². The summed E-state index contributed by atoms with van der Waals surface area (Å²) in [5.41, 5.74) is 1.91. The minimum Gasteiger partial charge on any atom is -0.493 e. The summed E-state index contributed by atoms with van der Waals surface area (Å²) < 4.78 is 36.2. The van der Waals surface area contributed by atoms with Crippen molar-refractivity contribution in [3.63, 3.8) is 0 Å². The van der Waals surface area contributed by atoms with Crippen molar-refractivity contribution in [2.24, 2.45) is 0 Å². The molecule has 1 amide bonds. The van der Waals surface area contributed by atoms with Crippen LogP contribution in [0.25, 0.3) is 0 Å². The zero-order valence-corrected chi connectivity index (χ0v) is 17.0. The van der Waals surface area contributed by atoms with Crippen molar-refractivity contribution in [2.75, 3.05) is 37.9 Å². The molecule has 0 aromatic heterocycles. The normalized spacial score (nSPS) is 15.3. The third-order valence-corrected chi connectivity index (χ3v) is 6.61. The largest absolute Gasteiger partial charge is 0.493 e. The predicted octanol–water partition coefficient (Wildman–Crippen LogP) is 2.52. The highest BCUT2D eigenvalue weighted by atomic mass is 32.2. The SMILES string of the molecule is COc1cccc(CN(C)C(=O)c2ccc(N3CCCS3(=O)=O)cc2)c1OC. The van der Waals surface area contributed by atoms with Gasteiger partial charge < -0.3 is 14.4 Å². The Morgan fingerprint density at radius 3 is 2.39 bits per heavy atom. The molecular formula is C20H24N2O5S. The van der Waals surface area contributed by atoms with E-state index in [1.54, 1.807) is 56.5 Å². The Balaban J connectivity index is 1.75. The molecule has 0 radical (unpaired) electrons. The summed E-state index contributed by atoms with van der Waals surface area (Å²) >= 11 is 0. The molecule has 3 rings (SSSR count). The van der Waals surface area contributed by atoms with Crippen LogP contribution in [0.4, 0.5) is 5.69 Å². The molecule has 0 spiro atoms. The van der Waals surface area contributed by atoms with Gasteiger partial charge in [-0.15, -0.1) is 0 Å². The summed E-state index contributed by atoms with van der Waals surface area (Å²) in [5, 5.41) is 0. The summed E-state index contributed by atoms with van der Waals surface area (Å²) in [5.74, 6) is 1.20. The van der Waals surface area contributed by atoms with Crippen LogP contribution in [0.2, 0.25) is 0 Å². The molecule has 2 aromatic carbocycles. The molecule has 28 heavy (non-hydrogen) atoms. The number of para-hydroxylation sites is 1. The Hall–Kier alpha value is -2.74. The van der Waals surface area contributed by atoms with Crippen molar-refractivity contribution in [1.82, 2.24) is 4.90 Å². The molecule has 0 aliphatic carbocycles. The van der Waals surface area contributed by atoms with Crippen molar-refractivity contribution >= 4 is 21.6 Å². The number of rotatable bonds is 6. The second-order valence-electron chi connectivity index (χ2n) is 6.60. The molecule has 1 saturated heterocycles. The number of carbonyl (C=O) groups excluding carboxylic acids is 1. The van der Waals surface area contributed by atoms with Crippen LogP contribution < -0.4 is 13.8 Å². The van der Waals surface area contributed by atoms with Crippen molar-refractivity contribution in [3.8, 4) is 11.5 Å². The van der Waals surface area contributed by atoms with Gasteiger partial charge in [0.25, 0.3) is 5.91 Å². The highest BCUT2D eigenvalue weighted by Crippen LogP contribution is 2.31. The first kappa shape index (κ1) is 20.0. The lowest BCUT2D eigenvalue weighted by Gasteiger charge is -2.21. The lowest BCUT2D eigenvalue weighted by Crippen LogP contribution is -2.27. The molecule has 8 heteroatoms. The van der Waals surface area contributed by atoms with E-state index in [0.29, 0.717) is 42.3 Å². The smallest absolute Gasteiger partial charge is 0.253 e. The molecule has 150 valence electrons. The van der Waals surface area contributed by atoms with Crippen LogP contribution in [0.15, 0.2) is 42.5 Å². The van der Waals surface area contributed by atoms with E-state index in [4.69, 9.17) is 9.47 Å². The number of sulfonamides is 1. The van der Waals surface area contributed by atoms with Crippen LogP contribution in [0.3, 0.4) is 0 Å². The van der Waals surface area contributed by atoms with Crippen LogP contribution in [0.1, 0.15) is 22.3 Å². The second-order valence-corrected chi connectivity index (χ2v) is 8.62. The fraction of sp³-hybridized carbons (Fsp3) is 0.350. The summed E-state index contributed by atoms with van der Waals surface area (Å²) in [4.78, 5) is 14.4. The average Bonchev–Trinajstić information content (AvgIpc) is 3.06. The number of anilines is 1. The third kappa shape index (κ3) is 3.91. The lowest BCUT2D eigenvalue weighted by molar-refractivity contribution is 0.0784. The standard InChI is InChI=1S/C20H24N2O5S/c1-21(14-16-6-4-7-18(26-2)19(16)27-3)20(23)15-8-10-17(11-9-15)22-12-5-13-28(22,24)25/h4,6-11H,5,12-14H2,1-3H3. The summed E-state index contributed by atoms with van der Waals surface area (Å²) in [6, 6.07) is 12.2. The molecule has 7 nitrogen and oxygen atoms in total. The molecule has 0 bridgehead atoms. The van der Waals surface area contributed by atoms with Crippen molar-refractivity contribution < 1.29 is 22.7 Å². The number of carbonyl (C=O) groups is 1. The minimum atomic E-state index is -3.23. The highest BCUT2D eigenvalue weighted by molar-refractivity contribution is 7.93. The topological polar surface area (TPSA) is 76.2 Å². The van der Waals surface area contributed by atoms with Gasteiger partial charge in [0.1, 0.15) is 0 Å². The predicted molar refractivity (Wildman–Crippen MR) is 108 cm³/mol. The minimum absolute atomic E-state index is 0.165. The number of nitrogens with zero attached hydrogens (tertiary/aromatic N) is 2. The number of benzene rings is 2. The molecule has 0 N–H and O–H groups in total. The van der Waals surface area contributed by atoms with E-state index in [0.717, 1.165) is 5.56 Å². The second kappa shape index (κ2) is 8.10. The Morgan fingerprint density at radius 2 is 1.82 bits per heavy atom. The lowest BCUT2D eigenvalue weighted by atomic mass is 10.1. The average molecular weight is 404 g/mol. The van der Waals surface area contributed by atoms with Crippen LogP contribution >= 0.6 is 0 Å². The maximum Gasteiger partial charge on any atom is 0.253 e. The molecular weight excluding hydrogens is 380 g/mol. The maximum atomic E-state index is 12.8. The molecule has 2 aromatic rings. The Bertz CT molecular complexity index is 957. The van der Waals surface area contributed by atoms with Crippen molar-refractivity contribution in [2.45, 2.75) is 13.0 Å². The van der Waals surface area contributed by atoms with E-state index in [9.17, 15) is 13.2 Å². The number of amides is 1. The van der Waals surface area contributed by atoms with Gasteiger partial charge in [-0.25, -0.2) is 8.42 Å². The molecule has 0 saturated carbocycles. The molecule has 0 atom stereocenters. The van der Waals surface area contributed by atoms with Crippen LogP contribution in [0, 0.1) is 0 Å². The number of ether oxygens (including phenoxy) is 2. The van der Waals surface area contributed by atoms with Gasteiger partial charge in [-0.05, 0) is 36.8 Å². The van der Waals surface area contributed by atoms with Gasteiger partial charge in [-0.3, -0.25) is 9.10 Å². The molecule has 1 heterocycles. The Kier molecular flexibility index (Phi) is 5.79. The van der Waals surface area contributed by atoms with Crippen LogP contribution in [-0.4, -0.2) is 52.8 Å². The summed E-state index contributed by atoms with van der Waals surface area (Å²) in [6.45, 7) is 0.826. The summed E-state index contributed by atoms with van der Waals surface area (Å²) in [6.07, 6.45) is 0.619. The molecule has 0 unspecified atom stereocenters. The van der Waals surface area contributed by atoms with Gasteiger partial charge in [-0.2, -0.15) is 0 Å². The van der Waals surface area contributed by atoms with E-state index in [1.165, 1.54) is 4.31 Å². The summed E-state index contributed by atoms with van der Waals surface area (Å²) in [7, 11) is 1.61. The number of hydrogen-bond acceptors (Lipinski definition) is 5. The molecule has 1 aliphatic rings.